The summed E-state index contributed by atoms with van der Waals surface area (Å²) in [7, 11) is 0. The number of fused-ring (bicyclic) bond motifs is 1. The van der Waals surface area contributed by atoms with Crippen molar-refractivity contribution < 1.29 is 4.79 Å². The van der Waals surface area contributed by atoms with Gasteiger partial charge in [0.15, 0.2) is 10.8 Å². The van der Waals surface area contributed by atoms with E-state index in [1.54, 1.807) is 18.3 Å². The van der Waals surface area contributed by atoms with Gasteiger partial charge in [0.05, 0.1) is 5.39 Å². The fourth-order valence-electron chi connectivity index (χ4n) is 1.01. The molecule has 60 valence electrons. The third-order valence-electron chi connectivity index (χ3n) is 1.52. The van der Waals surface area contributed by atoms with E-state index >= 15 is 0 Å². The van der Waals surface area contributed by atoms with Crippen molar-refractivity contribution in [2.75, 3.05) is 0 Å². The number of pyridine rings is 1. The molecule has 0 saturated heterocycles. The van der Waals surface area contributed by atoms with Crippen molar-refractivity contribution in [1.82, 2.24) is 14.8 Å². The number of carbonyl (C=O) groups is 1. The summed E-state index contributed by atoms with van der Waals surface area (Å²) in [6.45, 7) is 0. The Morgan fingerprint density at radius 1 is 1.58 bits per heavy atom. The first-order valence-electron chi connectivity index (χ1n) is 3.27. The summed E-state index contributed by atoms with van der Waals surface area (Å²) in [6, 6.07) is 3.50. The molecule has 2 heterocycles. The molecule has 0 aliphatic rings. The zero-order valence-corrected chi connectivity index (χ0v) is 6.69. The Morgan fingerprint density at radius 3 is 3.17 bits per heavy atom. The molecular weight excluding hydrogens is 178 g/mol. The number of carbonyl (C=O) groups excluding carboxylic acids is 1. The Hall–Kier alpha value is -1.42. The van der Waals surface area contributed by atoms with Crippen LogP contribution in [0.15, 0.2) is 18.3 Å². The van der Waals surface area contributed by atoms with Crippen LogP contribution in [0.1, 0.15) is 0 Å². The Morgan fingerprint density at radius 2 is 2.42 bits per heavy atom. The van der Waals surface area contributed by atoms with Crippen molar-refractivity contribution >= 4 is 29.0 Å². The van der Waals surface area contributed by atoms with Gasteiger partial charge in [0, 0.05) is 6.20 Å². The van der Waals surface area contributed by atoms with Gasteiger partial charge in [0.2, 0.25) is 6.41 Å². The third-order valence-corrected chi connectivity index (χ3v) is 1.80. The second-order valence-corrected chi connectivity index (χ2v) is 2.57. The Labute approximate surface area is 72.8 Å². The van der Waals surface area contributed by atoms with E-state index in [0.717, 1.165) is 4.68 Å². The number of hydrogen-bond donors (Lipinski definition) is 0. The van der Waals surface area contributed by atoms with Crippen molar-refractivity contribution in [3.8, 4) is 0 Å². The molecule has 0 unspecified atom stereocenters. The van der Waals surface area contributed by atoms with Crippen molar-refractivity contribution in [2.45, 2.75) is 0 Å². The lowest BCUT2D eigenvalue weighted by Crippen LogP contribution is -1.96. The molecule has 0 aromatic carbocycles. The molecule has 0 spiro atoms. The molecule has 12 heavy (non-hydrogen) atoms. The van der Waals surface area contributed by atoms with E-state index in [1.165, 1.54) is 0 Å². The lowest BCUT2D eigenvalue weighted by molar-refractivity contribution is 0.542. The van der Waals surface area contributed by atoms with Crippen LogP contribution in [0.4, 0.5) is 0 Å². The minimum atomic E-state index is 0.296. The second-order valence-electron chi connectivity index (χ2n) is 2.22. The van der Waals surface area contributed by atoms with E-state index in [4.69, 9.17) is 11.6 Å². The van der Waals surface area contributed by atoms with Gasteiger partial charge in [-0.3, -0.25) is 4.79 Å². The molecule has 2 aromatic heterocycles. The molecule has 0 atom stereocenters. The Kier molecular flexibility index (Phi) is 1.55. The minimum Gasteiger partial charge on any atom is -0.276 e. The van der Waals surface area contributed by atoms with Gasteiger partial charge in [0.1, 0.15) is 0 Å². The van der Waals surface area contributed by atoms with Crippen molar-refractivity contribution in [3.05, 3.63) is 23.5 Å². The largest absolute Gasteiger partial charge is 0.276 e. The summed E-state index contributed by atoms with van der Waals surface area (Å²) in [5.41, 5.74) is 0.484. The van der Waals surface area contributed by atoms with E-state index in [9.17, 15) is 4.79 Å². The maximum absolute atomic E-state index is 10.4. The van der Waals surface area contributed by atoms with E-state index in [0.29, 0.717) is 22.6 Å². The molecule has 5 heteroatoms. The number of hydrogen-bond acceptors (Lipinski definition) is 3. The highest BCUT2D eigenvalue weighted by Gasteiger charge is 2.07. The van der Waals surface area contributed by atoms with E-state index < -0.39 is 0 Å². The molecule has 0 N–H and O–H groups in total. The third kappa shape index (κ3) is 0.887. The highest BCUT2D eigenvalue weighted by atomic mass is 35.5. The molecule has 4 nitrogen and oxygen atoms in total. The lowest BCUT2D eigenvalue weighted by atomic mass is 10.4. The summed E-state index contributed by atoms with van der Waals surface area (Å²) < 4.78 is 1.11. The van der Waals surface area contributed by atoms with Crippen LogP contribution in [0.2, 0.25) is 5.15 Å². The monoisotopic (exact) mass is 181 g/mol. The first-order valence-corrected chi connectivity index (χ1v) is 3.65. The maximum atomic E-state index is 10.4. The molecule has 2 rings (SSSR count). The SMILES string of the molecule is O=Cn1nc(Cl)c2cccnc21. The van der Waals surface area contributed by atoms with Gasteiger partial charge in [0.25, 0.3) is 0 Å². The fourth-order valence-corrected chi connectivity index (χ4v) is 1.24. The predicted octanol–water partition coefficient (Wildman–Crippen LogP) is 1.12. The van der Waals surface area contributed by atoms with E-state index in [1.807, 2.05) is 0 Å². The molecule has 0 aliphatic carbocycles. The van der Waals surface area contributed by atoms with Gasteiger partial charge in [-0.15, -0.1) is 0 Å². The standard InChI is InChI=1S/C7H4ClN3O/c8-6-5-2-1-3-9-7(5)11(4-12)10-6/h1-4H. The van der Waals surface area contributed by atoms with Crippen molar-refractivity contribution in [3.63, 3.8) is 0 Å². The average molecular weight is 182 g/mol. The molecule has 0 amide bonds. The van der Waals surface area contributed by atoms with Crippen LogP contribution in [0.5, 0.6) is 0 Å². The van der Waals surface area contributed by atoms with Crippen LogP contribution in [-0.4, -0.2) is 21.2 Å². The van der Waals surface area contributed by atoms with Crippen LogP contribution < -0.4 is 0 Å². The van der Waals surface area contributed by atoms with Gasteiger partial charge in [-0.25, -0.2) is 4.98 Å². The summed E-state index contributed by atoms with van der Waals surface area (Å²) in [6.07, 6.45) is 2.15. The van der Waals surface area contributed by atoms with Crippen molar-refractivity contribution in [1.29, 1.82) is 0 Å². The first kappa shape index (κ1) is 7.24. The summed E-state index contributed by atoms with van der Waals surface area (Å²) >= 11 is 5.73. The highest BCUT2D eigenvalue weighted by molar-refractivity contribution is 6.34. The van der Waals surface area contributed by atoms with Gasteiger partial charge < -0.3 is 0 Å². The predicted molar refractivity (Wildman–Crippen MR) is 44.7 cm³/mol. The van der Waals surface area contributed by atoms with Gasteiger partial charge in [-0.05, 0) is 12.1 Å². The Balaban J connectivity index is 2.91. The van der Waals surface area contributed by atoms with Crippen LogP contribution in [0, 0.1) is 0 Å². The molecule has 0 aliphatic heterocycles. The summed E-state index contributed by atoms with van der Waals surface area (Å²) in [5, 5.41) is 4.74. The van der Waals surface area contributed by atoms with E-state index in [-0.39, 0.29) is 0 Å². The normalized spacial score (nSPS) is 10.4. The fraction of sp³-hybridized carbons (Fsp3) is 0. The molecule has 0 bridgehead atoms. The zero-order chi connectivity index (χ0) is 8.55. The van der Waals surface area contributed by atoms with Crippen LogP contribution in [0.25, 0.3) is 11.0 Å². The molecule has 0 saturated carbocycles. The van der Waals surface area contributed by atoms with Crippen LogP contribution >= 0.6 is 11.6 Å². The lowest BCUT2D eigenvalue weighted by Gasteiger charge is -1.87. The topological polar surface area (TPSA) is 47.8 Å². The second kappa shape index (κ2) is 2.57. The highest BCUT2D eigenvalue weighted by Crippen LogP contribution is 2.18. The smallest absolute Gasteiger partial charge is 0.236 e. The average Bonchev–Trinajstić information content (AvgIpc) is 2.44. The summed E-state index contributed by atoms with van der Waals surface area (Å²) in [4.78, 5) is 14.4. The molecule has 0 radical (unpaired) electrons. The number of halogens is 1. The van der Waals surface area contributed by atoms with Gasteiger partial charge >= 0.3 is 0 Å². The minimum absolute atomic E-state index is 0.296. The quantitative estimate of drug-likeness (QED) is 0.620. The Bertz CT molecular complexity index is 437. The zero-order valence-electron chi connectivity index (χ0n) is 5.94. The van der Waals surface area contributed by atoms with Gasteiger partial charge in [-0.2, -0.15) is 9.78 Å². The van der Waals surface area contributed by atoms with Gasteiger partial charge in [-0.1, -0.05) is 11.6 Å². The summed E-state index contributed by atoms with van der Waals surface area (Å²) in [5.74, 6) is 0. The maximum Gasteiger partial charge on any atom is 0.236 e. The first-order chi connectivity index (χ1) is 5.83. The molecule has 0 fully saturated rings. The number of rotatable bonds is 1. The number of nitrogens with zero attached hydrogens (tertiary/aromatic N) is 3. The molecule has 2 aromatic rings. The van der Waals surface area contributed by atoms with E-state index in [2.05, 4.69) is 10.1 Å². The van der Waals surface area contributed by atoms with Crippen LogP contribution in [-0.2, 0) is 4.79 Å². The number of aromatic nitrogens is 3. The van der Waals surface area contributed by atoms with Crippen LogP contribution in [0.3, 0.4) is 0 Å². The molecular formula is C7H4ClN3O. The van der Waals surface area contributed by atoms with Crippen molar-refractivity contribution in [2.24, 2.45) is 0 Å².